The first-order valence-corrected chi connectivity index (χ1v) is 6.77. The van der Waals surface area contributed by atoms with Crippen LogP contribution in [-0.2, 0) is 14.3 Å². The van der Waals surface area contributed by atoms with Gasteiger partial charge in [0.2, 0.25) is 0 Å². The third-order valence-corrected chi connectivity index (χ3v) is 3.84. The molecule has 8 heteroatoms. The highest BCUT2D eigenvalue weighted by Gasteiger charge is 2.40. The van der Waals surface area contributed by atoms with Gasteiger partial charge in [0.15, 0.2) is 0 Å². The standard InChI is InChI=1S/C12H13NO6S/c14-10(15)6-19-7-4-8(12(17)18)13(5-7)11(16)9-2-1-3-20-9/h1-3,7-8H,4-6H2,(H,14,15)(H,17,18). The van der Waals surface area contributed by atoms with E-state index < -0.39 is 30.7 Å². The van der Waals surface area contributed by atoms with Crippen LogP contribution in [0.2, 0.25) is 0 Å². The van der Waals surface area contributed by atoms with E-state index in [1.54, 1.807) is 17.5 Å². The number of amides is 1. The molecule has 1 aliphatic heterocycles. The summed E-state index contributed by atoms with van der Waals surface area (Å²) in [6, 6.07) is 2.35. The van der Waals surface area contributed by atoms with Crippen LogP contribution in [0.4, 0.5) is 0 Å². The van der Waals surface area contributed by atoms with Crippen molar-refractivity contribution >= 4 is 29.2 Å². The number of carbonyl (C=O) groups is 3. The number of likely N-dealkylation sites (tertiary alicyclic amines) is 1. The minimum Gasteiger partial charge on any atom is -0.480 e. The highest BCUT2D eigenvalue weighted by molar-refractivity contribution is 7.12. The molecular weight excluding hydrogens is 286 g/mol. The fraction of sp³-hybridized carbons (Fsp3) is 0.417. The quantitative estimate of drug-likeness (QED) is 0.821. The van der Waals surface area contributed by atoms with E-state index in [-0.39, 0.29) is 18.9 Å². The van der Waals surface area contributed by atoms with E-state index in [2.05, 4.69) is 0 Å². The Bertz CT molecular complexity index is 514. The summed E-state index contributed by atoms with van der Waals surface area (Å²) >= 11 is 1.23. The maximum Gasteiger partial charge on any atom is 0.329 e. The van der Waals surface area contributed by atoms with Crippen molar-refractivity contribution in [3.05, 3.63) is 22.4 Å². The van der Waals surface area contributed by atoms with E-state index >= 15 is 0 Å². The molecule has 1 saturated heterocycles. The van der Waals surface area contributed by atoms with Crippen molar-refractivity contribution in [3.63, 3.8) is 0 Å². The molecule has 2 rings (SSSR count). The number of hydrogen-bond donors (Lipinski definition) is 2. The summed E-state index contributed by atoms with van der Waals surface area (Å²) in [6.45, 7) is -0.418. The number of ether oxygens (including phenoxy) is 1. The maximum atomic E-state index is 12.2. The van der Waals surface area contributed by atoms with Crippen molar-refractivity contribution in [2.24, 2.45) is 0 Å². The van der Waals surface area contributed by atoms with Crippen LogP contribution in [0.5, 0.6) is 0 Å². The Morgan fingerprint density at radius 1 is 1.40 bits per heavy atom. The van der Waals surface area contributed by atoms with Crippen molar-refractivity contribution in [3.8, 4) is 0 Å². The molecule has 2 N–H and O–H groups in total. The van der Waals surface area contributed by atoms with Crippen LogP contribution in [0.25, 0.3) is 0 Å². The summed E-state index contributed by atoms with van der Waals surface area (Å²) in [6.07, 6.45) is -0.476. The molecule has 1 aromatic heterocycles. The van der Waals surface area contributed by atoms with Gasteiger partial charge in [-0.15, -0.1) is 11.3 Å². The fourth-order valence-electron chi connectivity index (χ4n) is 2.11. The first-order valence-electron chi connectivity index (χ1n) is 5.89. The van der Waals surface area contributed by atoms with Crippen LogP contribution in [0.15, 0.2) is 17.5 Å². The summed E-state index contributed by atoms with van der Waals surface area (Å²) < 4.78 is 5.09. The Hall–Kier alpha value is -1.93. The number of carboxylic acids is 2. The smallest absolute Gasteiger partial charge is 0.329 e. The van der Waals surface area contributed by atoms with E-state index in [9.17, 15) is 14.4 Å². The predicted octanol–water partition coefficient (Wildman–Crippen LogP) is 0.517. The van der Waals surface area contributed by atoms with Crippen molar-refractivity contribution in [1.82, 2.24) is 4.90 Å². The Kier molecular flexibility index (Phi) is 4.35. The molecule has 0 aromatic carbocycles. The Labute approximate surface area is 118 Å². The van der Waals surface area contributed by atoms with Gasteiger partial charge in [-0.2, -0.15) is 0 Å². The zero-order chi connectivity index (χ0) is 14.7. The number of hydrogen-bond acceptors (Lipinski definition) is 5. The van der Waals surface area contributed by atoms with Gasteiger partial charge in [-0.1, -0.05) is 6.07 Å². The van der Waals surface area contributed by atoms with Crippen LogP contribution in [0.3, 0.4) is 0 Å². The van der Waals surface area contributed by atoms with Crippen molar-refractivity contribution in [1.29, 1.82) is 0 Å². The van der Waals surface area contributed by atoms with Gasteiger partial charge in [-0.25, -0.2) is 9.59 Å². The van der Waals surface area contributed by atoms with E-state index in [4.69, 9.17) is 14.9 Å². The molecule has 1 fully saturated rings. The molecule has 108 valence electrons. The molecule has 1 amide bonds. The number of thiophene rings is 1. The first kappa shape index (κ1) is 14.5. The van der Waals surface area contributed by atoms with Gasteiger partial charge in [0.25, 0.3) is 5.91 Å². The number of nitrogens with zero attached hydrogens (tertiary/aromatic N) is 1. The van der Waals surface area contributed by atoms with Crippen molar-refractivity contribution < 1.29 is 29.3 Å². The Morgan fingerprint density at radius 3 is 2.70 bits per heavy atom. The van der Waals surface area contributed by atoms with Crippen molar-refractivity contribution in [2.75, 3.05) is 13.2 Å². The average Bonchev–Trinajstić information content (AvgIpc) is 3.05. The minimum absolute atomic E-state index is 0.0843. The molecule has 2 heterocycles. The lowest BCUT2D eigenvalue weighted by atomic mass is 10.2. The molecule has 0 radical (unpaired) electrons. The third kappa shape index (κ3) is 3.14. The Morgan fingerprint density at radius 2 is 2.15 bits per heavy atom. The van der Waals surface area contributed by atoms with Gasteiger partial charge in [0.1, 0.15) is 12.6 Å². The van der Waals surface area contributed by atoms with E-state index in [0.717, 1.165) is 0 Å². The van der Waals surface area contributed by atoms with Gasteiger partial charge >= 0.3 is 11.9 Å². The second-order valence-corrected chi connectivity index (χ2v) is 5.30. The highest BCUT2D eigenvalue weighted by Crippen LogP contribution is 2.24. The van der Waals surface area contributed by atoms with Crippen molar-refractivity contribution in [2.45, 2.75) is 18.6 Å². The third-order valence-electron chi connectivity index (χ3n) is 2.98. The van der Waals surface area contributed by atoms with Gasteiger partial charge < -0.3 is 19.8 Å². The van der Waals surface area contributed by atoms with Crippen LogP contribution < -0.4 is 0 Å². The summed E-state index contributed by atoms with van der Waals surface area (Å²) in [5.41, 5.74) is 0. The second-order valence-electron chi connectivity index (χ2n) is 4.35. The van der Waals surface area contributed by atoms with E-state index in [0.29, 0.717) is 4.88 Å². The second kappa shape index (κ2) is 6.02. The lowest BCUT2D eigenvalue weighted by molar-refractivity contribution is -0.144. The summed E-state index contributed by atoms with van der Waals surface area (Å²) in [5, 5.41) is 19.5. The molecule has 2 atom stereocenters. The number of rotatable bonds is 5. The van der Waals surface area contributed by atoms with Crippen LogP contribution in [0.1, 0.15) is 16.1 Å². The largest absolute Gasteiger partial charge is 0.480 e. The summed E-state index contributed by atoms with van der Waals surface area (Å²) in [5.74, 6) is -2.61. The molecule has 0 saturated carbocycles. The number of carboxylic acid groups (broad SMARTS) is 2. The SMILES string of the molecule is O=C(O)COC1CC(C(=O)O)N(C(=O)c2cccs2)C1. The van der Waals surface area contributed by atoms with Crippen LogP contribution in [-0.4, -0.2) is 58.3 Å². The molecule has 1 aliphatic rings. The first-order chi connectivity index (χ1) is 9.49. The van der Waals surface area contributed by atoms with Gasteiger partial charge in [0.05, 0.1) is 11.0 Å². The molecule has 1 aromatic rings. The summed E-state index contributed by atoms with van der Waals surface area (Å²) in [4.78, 5) is 35.5. The fourth-order valence-corrected chi connectivity index (χ4v) is 2.79. The topological polar surface area (TPSA) is 104 Å². The zero-order valence-electron chi connectivity index (χ0n) is 10.4. The predicted molar refractivity (Wildman–Crippen MR) is 68.8 cm³/mol. The van der Waals surface area contributed by atoms with E-state index in [1.165, 1.54) is 16.2 Å². The lowest BCUT2D eigenvalue weighted by Crippen LogP contribution is -2.40. The minimum atomic E-state index is -1.13. The zero-order valence-corrected chi connectivity index (χ0v) is 11.2. The number of carbonyl (C=O) groups excluding carboxylic acids is 1. The van der Waals surface area contributed by atoms with Gasteiger partial charge in [0, 0.05) is 13.0 Å². The monoisotopic (exact) mass is 299 g/mol. The Balaban J connectivity index is 2.08. The normalized spacial score (nSPS) is 21.9. The molecule has 7 nitrogen and oxygen atoms in total. The molecular formula is C12H13NO6S. The lowest BCUT2D eigenvalue weighted by Gasteiger charge is -2.20. The molecule has 2 unspecified atom stereocenters. The van der Waals surface area contributed by atoms with E-state index in [1.807, 2.05) is 0 Å². The molecule has 20 heavy (non-hydrogen) atoms. The van der Waals surface area contributed by atoms with Gasteiger partial charge in [-0.05, 0) is 11.4 Å². The maximum absolute atomic E-state index is 12.2. The molecule has 0 spiro atoms. The highest BCUT2D eigenvalue weighted by atomic mass is 32.1. The van der Waals surface area contributed by atoms with Crippen LogP contribution in [0, 0.1) is 0 Å². The molecule has 0 bridgehead atoms. The molecule has 0 aliphatic carbocycles. The summed E-state index contributed by atoms with van der Waals surface area (Å²) in [7, 11) is 0. The van der Waals surface area contributed by atoms with Crippen LogP contribution >= 0.6 is 11.3 Å². The van der Waals surface area contributed by atoms with Gasteiger partial charge in [-0.3, -0.25) is 4.79 Å². The number of aliphatic carboxylic acids is 2. The average molecular weight is 299 g/mol.